The number of carbonyl (C=O) groups is 1. The van der Waals surface area contributed by atoms with Crippen LogP contribution in [0.2, 0.25) is 0 Å². The van der Waals surface area contributed by atoms with E-state index in [9.17, 15) is 13.6 Å². The van der Waals surface area contributed by atoms with Gasteiger partial charge in [-0.1, -0.05) is 35.4 Å². The van der Waals surface area contributed by atoms with Gasteiger partial charge in [0.1, 0.15) is 12.0 Å². The minimum atomic E-state index is -2.92. The Bertz CT molecular complexity index is 902. The maximum atomic E-state index is 14.3. The fourth-order valence-corrected chi connectivity index (χ4v) is 4.53. The summed E-state index contributed by atoms with van der Waals surface area (Å²) in [5, 5.41) is 10.5. The molecular weight excluding hydrogens is 378 g/mol. The van der Waals surface area contributed by atoms with Crippen molar-refractivity contribution in [1.82, 2.24) is 15.1 Å². The Morgan fingerprint density at radius 3 is 2.48 bits per heavy atom. The molecule has 1 saturated heterocycles. The Kier molecular flexibility index (Phi) is 4.15. The number of nitrogens with one attached hydrogen (secondary N) is 1. The normalized spacial score (nSPS) is 27.5. The number of hydrogen-bond donors (Lipinski definition) is 1. The van der Waals surface area contributed by atoms with Gasteiger partial charge in [-0.15, -0.1) is 5.10 Å². The number of amides is 1. The lowest BCUT2D eigenvalue weighted by molar-refractivity contribution is -0.133. The molecule has 3 atom stereocenters. The number of likely N-dealkylation sites (tertiary alicyclic amines) is 1. The van der Waals surface area contributed by atoms with Crippen LogP contribution >= 0.6 is 0 Å². The molecule has 8 heteroatoms. The summed E-state index contributed by atoms with van der Waals surface area (Å²) in [5.74, 6) is -5.13. The van der Waals surface area contributed by atoms with E-state index in [0.29, 0.717) is 11.0 Å². The molecule has 3 fully saturated rings. The Labute approximate surface area is 167 Å². The summed E-state index contributed by atoms with van der Waals surface area (Å²) in [6.07, 6.45) is 4.69. The molecule has 5 rings (SSSR count). The van der Waals surface area contributed by atoms with Gasteiger partial charge in [-0.2, -0.15) is 0 Å². The lowest BCUT2D eigenvalue weighted by Gasteiger charge is -2.33. The van der Waals surface area contributed by atoms with Crippen LogP contribution in [0.25, 0.3) is 0 Å². The minimum Gasteiger partial charge on any atom is -0.408 e. The van der Waals surface area contributed by atoms with Crippen molar-refractivity contribution in [2.75, 3.05) is 18.4 Å². The van der Waals surface area contributed by atoms with Gasteiger partial charge in [-0.05, 0) is 43.6 Å². The first-order valence-corrected chi connectivity index (χ1v) is 10.2. The second-order valence-corrected chi connectivity index (χ2v) is 8.68. The lowest BCUT2D eigenvalue weighted by atomic mass is 9.93. The first kappa shape index (κ1) is 18.5. The van der Waals surface area contributed by atoms with Gasteiger partial charge in [-0.3, -0.25) is 4.79 Å². The molecule has 2 heterocycles. The number of nitrogens with zero attached hydrogens (tertiary/aromatic N) is 3. The number of anilines is 1. The Hall–Kier alpha value is -2.51. The summed E-state index contributed by atoms with van der Waals surface area (Å²) >= 11 is 0. The van der Waals surface area contributed by atoms with Crippen LogP contribution in [-0.2, 0) is 4.79 Å². The third-order valence-electron chi connectivity index (χ3n) is 6.72. The first-order valence-electron chi connectivity index (χ1n) is 10.2. The highest BCUT2D eigenvalue weighted by atomic mass is 19.3. The topological polar surface area (TPSA) is 71.3 Å². The van der Waals surface area contributed by atoms with Gasteiger partial charge in [-0.25, -0.2) is 8.78 Å². The summed E-state index contributed by atoms with van der Waals surface area (Å²) in [7, 11) is 0. The van der Waals surface area contributed by atoms with Crippen LogP contribution in [0.3, 0.4) is 0 Å². The molecule has 1 aliphatic heterocycles. The molecule has 3 aliphatic rings. The van der Waals surface area contributed by atoms with Gasteiger partial charge in [0.25, 0.3) is 5.92 Å². The molecule has 1 amide bonds. The molecule has 2 aromatic rings. The van der Waals surface area contributed by atoms with Crippen LogP contribution in [0.4, 0.5) is 14.8 Å². The van der Waals surface area contributed by atoms with E-state index in [0.717, 1.165) is 25.9 Å². The SMILES string of the molecule is C[C@H](Nc1nnc([C@@H]2[C@@H](c3ccccc3)C2(F)F)o1)C(=O)N1CCC2(CC1)CC2. The molecule has 1 spiro atoms. The van der Waals surface area contributed by atoms with Crippen LogP contribution in [0.1, 0.15) is 55.9 Å². The molecule has 1 aromatic heterocycles. The molecule has 0 unspecified atom stereocenters. The largest absolute Gasteiger partial charge is 0.408 e. The highest BCUT2D eigenvalue weighted by Gasteiger charge is 2.72. The van der Waals surface area contributed by atoms with Crippen molar-refractivity contribution in [3.05, 3.63) is 41.8 Å². The number of halogens is 2. The summed E-state index contributed by atoms with van der Waals surface area (Å²) < 4.78 is 34.1. The molecule has 2 aliphatic carbocycles. The smallest absolute Gasteiger partial charge is 0.316 e. The highest BCUT2D eigenvalue weighted by molar-refractivity contribution is 5.83. The quantitative estimate of drug-likeness (QED) is 0.824. The van der Waals surface area contributed by atoms with Crippen molar-refractivity contribution in [2.45, 2.75) is 56.4 Å². The summed E-state index contributed by atoms with van der Waals surface area (Å²) in [6.45, 7) is 3.27. The highest BCUT2D eigenvalue weighted by Crippen LogP contribution is 2.66. The van der Waals surface area contributed by atoms with Crippen LogP contribution in [0, 0.1) is 5.41 Å². The molecule has 1 aromatic carbocycles. The van der Waals surface area contributed by atoms with Gasteiger partial charge < -0.3 is 14.6 Å². The number of alkyl halides is 2. The van der Waals surface area contributed by atoms with E-state index in [-0.39, 0.29) is 17.8 Å². The molecule has 0 radical (unpaired) electrons. The third kappa shape index (κ3) is 3.28. The number of rotatable bonds is 5. The predicted octanol–water partition coefficient (Wildman–Crippen LogP) is 3.79. The Balaban J connectivity index is 1.22. The van der Waals surface area contributed by atoms with Crippen molar-refractivity contribution in [2.24, 2.45) is 5.41 Å². The molecule has 2 saturated carbocycles. The van der Waals surface area contributed by atoms with Crippen LogP contribution in [0.15, 0.2) is 34.7 Å². The maximum absolute atomic E-state index is 14.3. The lowest BCUT2D eigenvalue weighted by Crippen LogP contribution is -2.45. The summed E-state index contributed by atoms with van der Waals surface area (Å²) in [5.41, 5.74) is 1.05. The van der Waals surface area contributed by atoms with Gasteiger partial charge in [0.2, 0.25) is 11.8 Å². The number of piperidine rings is 1. The van der Waals surface area contributed by atoms with E-state index in [1.165, 1.54) is 12.8 Å². The van der Waals surface area contributed by atoms with Crippen molar-refractivity contribution < 1.29 is 18.0 Å². The van der Waals surface area contributed by atoms with Crippen LogP contribution < -0.4 is 5.32 Å². The summed E-state index contributed by atoms with van der Waals surface area (Å²) in [6, 6.07) is 8.07. The van der Waals surface area contributed by atoms with E-state index in [2.05, 4.69) is 15.5 Å². The number of aromatic nitrogens is 2. The number of hydrogen-bond acceptors (Lipinski definition) is 5. The molecule has 29 heavy (non-hydrogen) atoms. The monoisotopic (exact) mass is 402 g/mol. The van der Waals surface area contributed by atoms with Crippen LogP contribution in [0.5, 0.6) is 0 Å². The molecule has 1 N–H and O–H groups in total. The predicted molar refractivity (Wildman–Crippen MR) is 102 cm³/mol. The standard InChI is InChI=1S/C21H24F2N4O2/c1-13(18(28)27-11-9-20(7-8-20)10-12-27)24-19-26-25-17(29-19)16-15(21(16,22)23)14-5-3-2-4-6-14/h2-6,13,15-16H,7-12H2,1H3,(H,24,26)/t13-,15+,16-/m0/s1. The van der Waals surface area contributed by atoms with E-state index < -0.39 is 23.8 Å². The fourth-order valence-electron chi connectivity index (χ4n) is 4.53. The second kappa shape index (κ2) is 6.50. The average molecular weight is 402 g/mol. The first-order chi connectivity index (χ1) is 13.9. The maximum Gasteiger partial charge on any atom is 0.316 e. The van der Waals surface area contributed by atoms with Gasteiger partial charge in [0, 0.05) is 13.1 Å². The zero-order chi connectivity index (χ0) is 20.2. The van der Waals surface area contributed by atoms with E-state index in [1.807, 2.05) is 4.90 Å². The van der Waals surface area contributed by atoms with Crippen molar-refractivity contribution in [3.8, 4) is 0 Å². The van der Waals surface area contributed by atoms with Gasteiger partial charge in [0.15, 0.2) is 0 Å². The molecular formula is C21H24F2N4O2. The number of benzene rings is 1. The minimum absolute atomic E-state index is 0.00559. The van der Waals surface area contributed by atoms with Gasteiger partial charge >= 0.3 is 6.01 Å². The molecule has 154 valence electrons. The van der Waals surface area contributed by atoms with E-state index in [1.54, 1.807) is 37.3 Å². The zero-order valence-electron chi connectivity index (χ0n) is 16.3. The van der Waals surface area contributed by atoms with Gasteiger partial charge in [0.05, 0.1) is 5.92 Å². The Morgan fingerprint density at radius 1 is 1.14 bits per heavy atom. The zero-order valence-corrected chi connectivity index (χ0v) is 16.3. The Morgan fingerprint density at radius 2 is 1.83 bits per heavy atom. The van der Waals surface area contributed by atoms with Crippen molar-refractivity contribution >= 4 is 11.9 Å². The average Bonchev–Trinajstić information content (AvgIpc) is 3.53. The van der Waals surface area contributed by atoms with E-state index >= 15 is 0 Å². The summed E-state index contributed by atoms with van der Waals surface area (Å²) in [4.78, 5) is 14.5. The number of carbonyl (C=O) groups excluding carboxylic acids is 1. The second-order valence-electron chi connectivity index (χ2n) is 8.68. The fraction of sp³-hybridized carbons (Fsp3) is 0.571. The third-order valence-corrected chi connectivity index (χ3v) is 6.72. The van der Waals surface area contributed by atoms with Crippen LogP contribution in [-0.4, -0.2) is 46.1 Å². The molecule has 6 nitrogen and oxygen atoms in total. The molecule has 0 bridgehead atoms. The van der Waals surface area contributed by atoms with Crippen molar-refractivity contribution in [1.29, 1.82) is 0 Å². The van der Waals surface area contributed by atoms with Crippen molar-refractivity contribution in [3.63, 3.8) is 0 Å². The van der Waals surface area contributed by atoms with E-state index in [4.69, 9.17) is 4.42 Å².